The standard InChI is InChI=1S/C20H27FO2/c1-11-8-13-14(19(2)6-4-12(22)9-15(11)19)5-7-20(3)16(13)10-17(21)18(20)23/h13-17H,1,4-10H2,2-3H3. The van der Waals surface area contributed by atoms with E-state index in [-0.39, 0.29) is 17.1 Å². The molecule has 7 atom stereocenters. The highest BCUT2D eigenvalue weighted by molar-refractivity contribution is 5.91. The van der Waals surface area contributed by atoms with Gasteiger partial charge in [0.15, 0.2) is 12.0 Å². The maximum atomic E-state index is 14.2. The van der Waals surface area contributed by atoms with E-state index in [4.69, 9.17) is 0 Å². The van der Waals surface area contributed by atoms with Crippen LogP contribution < -0.4 is 0 Å². The van der Waals surface area contributed by atoms with Crippen LogP contribution in [0.2, 0.25) is 0 Å². The van der Waals surface area contributed by atoms with Crippen molar-refractivity contribution in [3.05, 3.63) is 12.2 Å². The van der Waals surface area contributed by atoms with Crippen molar-refractivity contribution in [2.75, 3.05) is 0 Å². The number of hydrogen-bond donors (Lipinski definition) is 0. The second-order valence-electron chi connectivity index (χ2n) is 9.06. The van der Waals surface area contributed by atoms with Crippen LogP contribution in [0.4, 0.5) is 4.39 Å². The average Bonchev–Trinajstić information content (AvgIpc) is 2.73. The fourth-order valence-corrected chi connectivity index (χ4v) is 6.78. The lowest BCUT2D eigenvalue weighted by Crippen LogP contribution is -2.54. The van der Waals surface area contributed by atoms with Gasteiger partial charge in [-0.1, -0.05) is 26.0 Å². The van der Waals surface area contributed by atoms with Gasteiger partial charge < -0.3 is 0 Å². The molecule has 0 aromatic heterocycles. The average molecular weight is 318 g/mol. The third kappa shape index (κ3) is 1.91. The Morgan fingerprint density at radius 3 is 2.61 bits per heavy atom. The fourth-order valence-electron chi connectivity index (χ4n) is 6.78. The molecule has 0 aromatic carbocycles. The first-order valence-corrected chi connectivity index (χ1v) is 9.15. The maximum absolute atomic E-state index is 14.2. The van der Waals surface area contributed by atoms with E-state index >= 15 is 0 Å². The van der Waals surface area contributed by atoms with Crippen LogP contribution in [-0.4, -0.2) is 17.7 Å². The Labute approximate surface area is 137 Å². The summed E-state index contributed by atoms with van der Waals surface area (Å²) in [6.45, 7) is 8.64. The van der Waals surface area contributed by atoms with Crippen molar-refractivity contribution >= 4 is 11.6 Å². The molecule has 0 spiro atoms. The molecule has 4 aliphatic rings. The normalized spacial score (nSPS) is 52.8. The van der Waals surface area contributed by atoms with Crippen molar-refractivity contribution in [3.8, 4) is 0 Å². The van der Waals surface area contributed by atoms with Crippen LogP contribution in [0.15, 0.2) is 12.2 Å². The van der Waals surface area contributed by atoms with Crippen LogP contribution in [0.5, 0.6) is 0 Å². The molecule has 0 aromatic rings. The second kappa shape index (κ2) is 4.77. The molecule has 0 amide bonds. The molecule has 0 N–H and O–H groups in total. The minimum atomic E-state index is -1.27. The molecule has 4 fully saturated rings. The number of rotatable bonds is 0. The van der Waals surface area contributed by atoms with Crippen LogP contribution in [0.1, 0.15) is 58.8 Å². The Bertz CT molecular complexity index is 596. The fraction of sp³-hybridized carbons (Fsp3) is 0.800. The van der Waals surface area contributed by atoms with Crippen LogP contribution in [0.3, 0.4) is 0 Å². The number of allylic oxidation sites excluding steroid dienone is 1. The summed E-state index contributed by atoms with van der Waals surface area (Å²) in [5.41, 5.74) is 0.835. The van der Waals surface area contributed by atoms with Gasteiger partial charge in [-0.25, -0.2) is 4.39 Å². The smallest absolute Gasteiger partial charge is 0.173 e. The molecule has 0 bridgehead atoms. The molecule has 0 saturated heterocycles. The monoisotopic (exact) mass is 318 g/mol. The lowest BCUT2D eigenvalue weighted by atomic mass is 9.44. The molecule has 126 valence electrons. The number of ketones is 2. The first kappa shape index (κ1) is 15.5. The summed E-state index contributed by atoms with van der Waals surface area (Å²) < 4.78 is 14.2. The zero-order chi connectivity index (χ0) is 16.6. The number of alkyl halides is 1. The van der Waals surface area contributed by atoms with Crippen molar-refractivity contribution < 1.29 is 14.0 Å². The third-order valence-electron chi connectivity index (χ3n) is 8.14. The number of carbonyl (C=O) groups excluding carboxylic acids is 2. The summed E-state index contributed by atoms with van der Waals surface area (Å²) in [4.78, 5) is 24.3. The van der Waals surface area contributed by atoms with Gasteiger partial charge in [0.05, 0.1) is 0 Å². The SMILES string of the molecule is C=C1CC2C3CC(F)C(=O)C3(C)CCC2C2(C)CCC(=O)CC12. The van der Waals surface area contributed by atoms with Gasteiger partial charge in [0.2, 0.25) is 0 Å². The predicted octanol–water partition coefficient (Wildman–Crippen LogP) is 4.28. The molecule has 0 heterocycles. The Morgan fingerprint density at radius 1 is 1.13 bits per heavy atom. The topological polar surface area (TPSA) is 34.1 Å². The molecule has 23 heavy (non-hydrogen) atoms. The highest BCUT2D eigenvalue weighted by Gasteiger charge is 2.63. The minimum absolute atomic E-state index is 0.118. The molecule has 4 saturated carbocycles. The Balaban J connectivity index is 1.71. The molecule has 4 aliphatic carbocycles. The maximum Gasteiger partial charge on any atom is 0.173 e. The van der Waals surface area contributed by atoms with E-state index in [1.165, 1.54) is 5.57 Å². The van der Waals surface area contributed by atoms with Crippen molar-refractivity contribution in [1.82, 2.24) is 0 Å². The van der Waals surface area contributed by atoms with E-state index in [0.717, 1.165) is 25.7 Å². The highest BCUT2D eigenvalue weighted by atomic mass is 19.1. The van der Waals surface area contributed by atoms with Crippen molar-refractivity contribution in [2.45, 2.75) is 65.0 Å². The number of Topliss-reactive ketones (excluding diaryl/α,β-unsaturated/α-hetero) is 2. The first-order chi connectivity index (χ1) is 10.8. The van der Waals surface area contributed by atoms with Gasteiger partial charge >= 0.3 is 0 Å². The first-order valence-electron chi connectivity index (χ1n) is 9.15. The molecule has 4 rings (SSSR count). The molecule has 0 aliphatic heterocycles. The Hall–Kier alpha value is -0.990. The van der Waals surface area contributed by atoms with E-state index in [1.54, 1.807) is 0 Å². The lowest BCUT2D eigenvalue weighted by Gasteiger charge is -2.59. The van der Waals surface area contributed by atoms with E-state index in [1.807, 2.05) is 6.92 Å². The van der Waals surface area contributed by atoms with Crippen LogP contribution in [-0.2, 0) is 9.59 Å². The zero-order valence-electron chi connectivity index (χ0n) is 14.2. The second-order valence-corrected chi connectivity index (χ2v) is 9.06. The van der Waals surface area contributed by atoms with Gasteiger partial charge in [0, 0.05) is 18.3 Å². The van der Waals surface area contributed by atoms with Crippen LogP contribution in [0.25, 0.3) is 0 Å². The van der Waals surface area contributed by atoms with Crippen LogP contribution in [0, 0.1) is 34.5 Å². The number of carbonyl (C=O) groups is 2. The van der Waals surface area contributed by atoms with Gasteiger partial charge in [0.1, 0.15) is 5.78 Å². The lowest BCUT2D eigenvalue weighted by molar-refractivity contribution is -0.140. The summed E-state index contributed by atoms with van der Waals surface area (Å²) >= 11 is 0. The van der Waals surface area contributed by atoms with E-state index in [9.17, 15) is 14.0 Å². The Kier molecular flexibility index (Phi) is 3.22. The number of fused-ring (bicyclic) bond motifs is 5. The number of halogens is 1. The Morgan fingerprint density at radius 2 is 1.87 bits per heavy atom. The minimum Gasteiger partial charge on any atom is -0.300 e. The van der Waals surface area contributed by atoms with E-state index in [0.29, 0.717) is 42.8 Å². The summed E-state index contributed by atoms with van der Waals surface area (Å²) in [6.07, 6.45) is 4.11. The van der Waals surface area contributed by atoms with Crippen molar-refractivity contribution in [3.63, 3.8) is 0 Å². The van der Waals surface area contributed by atoms with Gasteiger partial charge in [-0.15, -0.1) is 0 Å². The third-order valence-corrected chi connectivity index (χ3v) is 8.14. The summed E-state index contributed by atoms with van der Waals surface area (Å²) in [5.74, 6) is 1.57. The molecular weight excluding hydrogens is 291 g/mol. The number of hydrogen-bond acceptors (Lipinski definition) is 2. The van der Waals surface area contributed by atoms with Gasteiger partial charge in [-0.2, -0.15) is 0 Å². The molecule has 2 nitrogen and oxygen atoms in total. The largest absolute Gasteiger partial charge is 0.300 e. The predicted molar refractivity (Wildman–Crippen MR) is 86.5 cm³/mol. The quantitative estimate of drug-likeness (QED) is 0.625. The summed E-state index contributed by atoms with van der Waals surface area (Å²) in [5, 5.41) is 0. The van der Waals surface area contributed by atoms with Crippen molar-refractivity contribution in [1.29, 1.82) is 0 Å². The molecule has 0 radical (unpaired) electrons. The summed E-state index contributed by atoms with van der Waals surface area (Å²) in [6, 6.07) is 0. The molecule has 7 unspecified atom stereocenters. The van der Waals surface area contributed by atoms with Gasteiger partial charge in [-0.05, 0) is 61.2 Å². The van der Waals surface area contributed by atoms with Gasteiger partial charge in [0.25, 0.3) is 0 Å². The highest BCUT2D eigenvalue weighted by Crippen LogP contribution is 2.66. The van der Waals surface area contributed by atoms with Crippen molar-refractivity contribution in [2.24, 2.45) is 34.5 Å². The van der Waals surface area contributed by atoms with Crippen LogP contribution >= 0.6 is 0 Å². The van der Waals surface area contributed by atoms with Gasteiger partial charge in [-0.3, -0.25) is 9.59 Å². The van der Waals surface area contributed by atoms with E-state index < -0.39 is 11.6 Å². The summed E-state index contributed by atoms with van der Waals surface area (Å²) in [7, 11) is 0. The van der Waals surface area contributed by atoms with E-state index in [2.05, 4.69) is 13.5 Å². The molecular formula is C20H27FO2. The molecule has 3 heteroatoms. The zero-order valence-corrected chi connectivity index (χ0v) is 14.2.